The van der Waals surface area contributed by atoms with Gasteiger partial charge in [0.2, 0.25) is 16.2 Å². The Labute approximate surface area is 181 Å². The third kappa shape index (κ3) is 12.7. The molecule has 0 saturated heterocycles. The Morgan fingerprint density at radius 3 is 2.14 bits per heavy atom. The van der Waals surface area contributed by atoms with Crippen molar-refractivity contribution in [3.05, 3.63) is 12.2 Å². The highest BCUT2D eigenvalue weighted by molar-refractivity contribution is 7.19. The molecule has 1 heterocycles. The zero-order valence-corrected chi connectivity index (χ0v) is 19.1. The van der Waals surface area contributed by atoms with Gasteiger partial charge >= 0.3 is 0 Å². The lowest BCUT2D eigenvalue weighted by molar-refractivity contribution is -0.116. The minimum absolute atomic E-state index is 0.0525. The number of aromatic nitrogens is 2. The largest absolute Gasteiger partial charge is 0.357 e. The third-order valence-corrected chi connectivity index (χ3v) is 6.01. The summed E-state index contributed by atoms with van der Waals surface area (Å²) in [5, 5.41) is 15.7. The van der Waals surface area contributed by atoms with Crippen LogP contribution in [-0.2, 0) is 4.79 Å². The maximum atomic E-state index is 12.0. The molecule has 1 saturated carbocycles. The van der Waals surface area contributed by atoms with Gasteiger partial charge in [-0.1, -0.05) is 81.8 Å². The van der Waals surface area contributed by atoms with Crippen LogP contribution in [0, 0.1) is 0 Å². The van der Waals surface area contributed by atoms with Crippen molar-refractivity contribution in [1.82, 2.24) is 10.2 Å². The number of nitrogens with one attached hydrogen (secondary N) is 2. The van der Waals surface area contributed by atoms with Crippen molar-refractivity contribution < 1.29 is 4.79 Å². The summed E-state index contributed by atoms with van der Waals surface area (Å²) in [6.45, 7) is 2.27. The quantitative estimate of drug-likeness (QED) is 0.196. The summed E-state index contributed by atoms with van der Waals surface area (Å²) >= 11 is 1.42. The number of nitrogens with zero attached hydrogens (tertiary/aromatic N) is 2. The smallest absolute Gasteiger partial charge is 0.226 e. The molecule has 0 bridgehead atoms. The number of allylic oxidation sites excluding steroid dienone is 2. The molecular formula is C23H40N4OS. The lowest BCUT2D eigenvalue weighted by atomic mass is 10.1. The molecule has 0 spiro atoms. The summed E-state index contributed by atoms with van der Waals surface area (Å²) in [5.74, 6) is 0.0525. The Balaban J connectivity index is 1.35. The SMILES string of the molecule is CCCCCCCCC=CCCCCCCCC(=O)Nc1nnc(NC2CC2)s1. The summed E-state index contributed by atoms with van der Waals surface area (Å²) in [6.07, 6.45) is 24.2. The van der Waals surface area contributed by atoms with Crippen LogP contribution in [0.1, 0.15) is 110 Å². The predicted octanol–water partition coefficient (Wildman–Crippen LogP) is 7.09. The predicted molar refractivity (Wildman–Crippen MR) is 125 cm³/mol. The molecule has 1 fully saturated rings. The van der Waals surface area contributed by atoms with Crippen LogP contribution >= 0.6 is 11.3 Å². The molecule has 29 heavy (non-hydrogen) atoms. The lowest BCUT2D eigenvalue weighted by Crippen LogP contribution is -2.10. The standard InChI is InChI=1S/C23H40N4OS/c1-2-3-4-5-6-7-8-9-10-11-12-13-14-15-16-17-21(28)25-23-27-26-22(29-23)24-20-18-19-20/h9-10,20H,2-8,11-19H2,1H3,(H,24,26)(H,25,27,28). The Morgan fingerprint density at radius 2 is 1.48 bits per heavy atom. The van der Waals surface area contributed by atoms with Gasteiger partial charge in [-0.3, -0.25) is 4.79 Å². The van der Waals surface area contributed by atoms with E-state index in [0.29, 0.717) is 17.6 Å². The van der Waals surface area contributed by atoms with Gasteiger partial charge in [0, 0.05) is 12.5 Å². The second-order valence-electron chi connectivity index (χ2n) is 8.21. The fraction of sp³-hybridized carbons (Fsp3) is 0.783. The summed E-state index contributed by atoms with van der Waals surface area (Å²) in [4.78, 5) is 12.0. The maximum Gasteiger partial charge on any atom is 0.226 e. The van der Waals surface area contributed by atoms with Gasteiger partial charge in [0.05, 0.1) is 0 Å². The summed E-state index contributed by atoms with van der Waals surface area (Å²) in [7, 11) is 0. The molecule has 1 aliphatic carbocycles. The Hall–Kier alpha value is -1.43. The second kappa shape index (κ2) is 15.4. The van der Waals surface area contributed by atoms with E-state index in [2.05, 4.69) is 39.9 Å². The maximum absolute atomic E-state index is 12.0. The van der Waals surface area contributed by atoms with Crippen LogP contribution < -0.4 is 10.6 Å². The van der Waals surface area contributed by atoms with Gasteiger partial charge < -0.3 is 10.6 Å². The molecule has 0 aliphatic heterocycles. The van der Waals surface area contributed by atoms with Crippen molar-refractivity contribution in [2.75, 3.05) is 10.6 Å². The molecule has 2 rings (SSSR count). The molecule has 0 aromatic carbocycles. The lowest BCUT2D eigenvalue weighted by Gasteiger charge is -2.02. The van der Waals surface area contributed by atoms with Gasteiger partial charge in [-0.2, -0.15) is 0 Å². The molecule has 1 aromatic heterocycles. The van der Waals surface area contributed by atoms with E-state index in [1.165, 1.54) is 94.8 Å². The first-order valence-electron chi connectivity index (χ1n) is 11.8. The van der Waals surface area contributed by atoms with E-state index in [4.69, 9.17) is 0 Å². The summed E-state index contributed by atoms with van der Waals surface area (Å²) < 4.78 is 0. The summed E-state index contributed by atoms with van der Waals surface area (Å²) in [5.41, 5.74) is 0. The number of amides is 1. The van der Waals surface area contributed by atoms with Crippen molar-refractivity contribution in [2.24, 2.45) is 0 Å². The number of unbranched alkanes of at least 4 members (excludes halogenated alkanes) is 11. The van der Waals surface area contributed by atoms with E-state index in [1.54, 1.807) is 0 Å². The van der Waals surface area contributed by atoms with Gasteiger partial charge in [0.1, 0.15) is 0 Å². The molecule has 1 amide bonds. The molecule has 164 valence electrons. The van der Waals surface area contributed by atoms with Gasteiger partial charge in [-0.15, -0.1) is 10.2 Å². The van der Waals surface area contributed by atoms with Crippen molar-refractivity contribution in [2.45, 2.75) is 116 Å². The number of hydrogen-bond acceptors (Lipinski definition) is 5. The normalized spacial score (nSPS) is 13.8. The number of hydrogen-bond donors (Lipinski definition) is 2. The third-order valence-electron chi connectivity index (χ3n) is 5.24. The second-order valence-corrected chi connectivity index (χ2v) is 9.19. The number of carbonyl (C=O) groups is 1. The minimum atomic E-state index is 0.0525. The number of anilines is 2. The molecular weight excluding hydrogens is 380 g/mol. The first-order valence-corrected chi connectivity index (χ1v) is 12.6. The van der Waals surface area contributed by atoms with Crippen LogP contribution in [0.25, 0.3) is 0 Å². The van der Waals surface area contributed by atoms with Crippen LogP contribution in [0.5, 0.6) is 0 Å². The molecule has 6 heteroatoms. The first kappa shape index (κ1) is 23.8. The van der Waals surface area contributed by atoms with Gasteiger partial charge in [0.25, 0.3) is 0 Å². The monoisotopic (exact) mass is 420 g/mol. The highest BCUT2D eigenvalue weighted by atomic mass is 32.1. The number of rotatable bonds is 18. The molecule has 1 aliphatic rings. The fourth-order valence-electron chi connectivity index (χ4n) is 3.27. The van der Waals surface area contributed by atoms with E-state index in [0.717, 1.165) is 18.0 Å². The highest BCUT2D eigenvalue weighted by Crippen LogP contribution is 2.28. The van der Waals surface area contributed by atoms with E-state index < -0.39 is 0 Å². The van der Waals surface area contributed by atoms with Crippen molar-refractivity contribution in [1.29, 1.82) is 0 Å². The van der Waals surface area contributed by atoms with E-state index in [9.17, 15) is 4.79 Å². The van der Waals surface area contributed by atoms with Crippen LogP contribution in [0.3, 0.4) is 0 Å². The van der Waals surface area contributed by atoms with Crippen LogP contribution in [0.15, 0.2) is 12.2 Å². The molecule has 1 aromatic rings. The van der Waals surface area contributed by atoms with Crippen molar-refractivity contribution in [3.63, 3.8) is 0 Å². The highest BCUT2D eigenvalue weighted by Gasteiger charge is 2.22. The average Bonchev–Trinajstić information content (AvgIpc) is 3.42. The van der Waals surface area contributed by atoms with Crippen molar-refractivity contribution in [3.8, 4) is 0 Å². The van der Waals surface area contributed by atoms with E-state index in [1.807, 2.05) is 0 Å². The van der Waals surface area contributed by atoms with Crippen LogP contribution in [0.4, 0.5) is 10.3 Å². The van der Waals surface area contributed by atoms with Gasteiger partial charge in [-0.25, -0.2) is 0 Å². The zero-order valence-electron chi connectivity index (χ0n) is 18.3. The average molecular weight is 421 g/mol. The zero-order chi connectivity index (χ0) is 20.6. The van der Waals surface area contributed by atoms with E-state index >= 15 is 0 Å². The molecule has 0 radical (unpaired) electrons. The van der Waals surface area contributed by atoms with Crippen LogP contribution in [-0.4, -0.2) is 22.1 Å². The Bertz CT molecular complexity index is 583. The molecule has 5 nitrogen and oxygen atoms in total. The van der Waals surface area contributed by atoms with Crippen molar-refractivity contribution >= 4 is 27.5 Å². The van der Waals surface area contributed by atoms with Gasteiger partial charge in [-0.05, 0) is 44.9 Å². The fourth-order valence-corrected chi connectivity index (χ4v) is 4.01. The Morgan fingerprint density at radius 1 is 0.897 bits per heavy atom. The van der Waals surface area contributed by atoms with E-state index in [-0.39, 0.29) is 5.91 Å². The van der Waals surface area contributed by atoms with Crippen LogP contribution in [0.2, 0.25) is 0 Å². The molecule has 2 N–H and O–H groups in total. The summed E-state index contributed by atoms with van der Waals surface area (Å²) in [6, 6.07) is 0.558. The molecule has 0 atom stereocenters. The van der Waals surface area contributed by atoms with Gasteiger partial charge in [0.15, 0.2) is 0 Å². The Kier molecular flexibility index (Phi) is 12.7. The minimum Gasteiger partial charge on any atom is -0.357 e. The molecule has 0 unspecified atom stereocenters. The number of carbonyl (C=O) groups excluding carboxylic acids is 1. The topological polar surface area (TPSA) is 66.9 Å². The first-order chi connectivity index (χ1) is 14.3.